The Balaban J connectivity index is 1.73. The van der Waals surface area contributed by atoms with Crippen LogP contribution in [0.25, 0.3) is 0 Å². The summed E-state index contributed by atoms with van der Waals surface area (Å²) in [4.78, 5) is 5.22. The molecule has 3 heteroatoms. The molecule has 0 bridgehead atoms. The normalized spacial score (nSPS) is 32.5. The minimum Gasteiger partial charge on any atom is -0.310 e. The van der Waals surface area contributed by atoms with Crippen molar-refractivity contribution in [3.05, 3.63) is 0 Å². The fourth-order valence-electron chi connectivity index (χ4n) is 3.28. The van der Waals surface area contributed by atoms with Gasteiger partial charge < -0.3 is 15.1 Å². The Kier molecular flexibility index (Phi) is 4.83. The van der Waals surface area contributed by atoms with E-state index in [1.165, 1.54) is 51.9 Å². The van der Waals surface area contributed by atoms with Crippen molar-refractivity contribution in [2.45, 2.75) is 57.7 Å². The van der Waals surface area contributed by atoms with Crippen molar-refractivity contribution in [1.29, 1.82) is 0 Å². The van der Waals surface area contributed by atoms with E-state index in [1.54, 1.807) is 0 Å². The molecular formula is C14H29N3. The van der Waals surface area contributed by atoms with Gasteiger partial charge in [-0.3, -0.25) is 0 Å². The predicted molar refractivity (Wildman–Crippen MR) is 73.4 cm³/mol. The van der Waals surface area contributed by atoms with Crippen molar-refractivity contribution in [3.8, 4) is 0 Å². The standard InChI is InChI=1S/C14H29N3/c1-12(2)15-13-7-9-17(10-13)11-14-6-4-5-8-16(14)3/h12-15H,4-11H2,1-3H3. The summed E-state index contributed by atoms with van der Waals surface area (Å²) in [5.74, 6) is 0. The molecule has 2 saturated heterocycles. The van der Waals surface area contributed by atoms with Crippen LogP contribution in [0.15, 0.2) is 0 Å². The van der Waals surface area contributed by atoms with Crippen LogP contribution in [0.4, 0.5) is 0 Å². The average Bonchev–Trinajstić information content (AvgIpc) is 2.68. The van der Waals surface area contributed by atoms with E-state index >= 15 is 0 Å². The highest BCUT2D eigenvalue weighted by Gasteiger charge is 2.27. The molecule has 2 rings (SSSR count). The minimum absolute atomic E-state index is 0.623. The van der Waals surface area contributed by atoms with Crippen molar-refractivity contribution in [3.63, 3.8) is 0 Å². The molecule has 2 aliphatic rings. The molecule has 3 nitrogen and oxygen atoms in total. The van der Waals surface area contributed by atoms with E-state index in [-0.39, 0.29) is 0 Å². The quantitative estimate of drug-likeness (QED) is 0.803. The number of nitrogens with one attached hydrogen (secondary N) is 1. The molecule has 0 aromatic rings. The first-order chi connectivity index (χ1) is 8.15. The molecule has 0 aliphatic carbocycles. The van der Waals surface area contributed by atoms with Crippen LogP contribution in [0.5, 0.6) is 0 Å². The Hall–Kier alpha value is -0.120. The van der Waals surface area contributed by atoms with Gasteiger partial charge >= 0.3 is 0 Å². The maximum Gasteiger partial charge on any atom is 0.0220 e. The van der Waals surface area contributed by atoms with Gasteiger partial charge in [0, 0.05) is 31.2 Å². The second kappa shape index (κ2) is 6.17. The molecule has 0 radical (unpaired) electrons. The van der Waals surface area contributed by atoms with E-state index < -0.39 is 0 Å². The molecule has 2 fully saturated rings. The summed E-state index contributed by atoms with van der Waals surface area (Å²) < 4.78 is 0. The number of piperidine rings is 1. The lowest BCUT2D eigenvalue weighted by Gasteiger charge is -2.35. The van der Waals surface area contributed by atoms with Crippen LogP contribution in [0.3, 0.4) is 0 Å². The monoisotopic (exact) mass is 239 g/mol. The largest absolute Gasteiger partial charge is 0.310 e. The van der Waals surface area contributed by atoms with Gasteiger partial charge in [-0.1, -0.05) is 20.3 Å². The smallest absolute Gasteiger partial charge is 0.0220 e. The number of likely N-dealkylation sites (tertiary alicyclic amines) is 2. The molecule has 2 heterocycles. The first-order valence-electron chi connectivity index (χ1n) is 7.34. The maximum absolute atomic E-state index is 3.66. The van der Waals surface area contributed by atoms with Gasteiger partial charge in [-0.15, -0.1) is 0 Å². The van der Waals surface area contributed by atoms with E-state index in [2.05, 4.69) is 36.0 Å². The summed E-state index contributed by atoms with van der Waals surface area (Å²) in [5, 5.41) is 3.66. The lowest BCUT2D eigenvalue weighted by molar-refractivity contribution is 0.139. The summed E-state index contributed by atoms with van der Waals surface area (Å²) in [6.45, 7) is 9.62. The Bertz CT molecular complexity index is 230. The van der Waals surface area contributed by atoms with E-state index in [1.807, 2.05) is 0 Å². The van der Waals surface area contributed by atoms with Gasteiger partial charge in [-0.2, -0.15) is 0 Å². The van der Waals surface area contributed by atoms with Crippen molar-refractivity contribution in [1.82, 2.24) is 15.1 Å². The Labute approximate surface area is 107 Å². The van der Waals surface area contributed by atoms with Gasteiger partial charge in [0.15, 0.2) is 0 Å². The van der Waals surface area contributed by atoms with E-state index in [4.69, 9.17) is 0 Å². The third kappa shape index (κ3) is 3.94. The van der Waals surface area contributed by atoms with Crippen LogP contribution in [-0.2, 0) is 0 Å². The van der Waals surface area contributed by atoms with Gasteiger partial charge in [0.2, 0.25) is 0 Å². The highest BCUT2D eigenvalue weighted by molar-refractivity contribution is 4.86. The second-order valence-electron chi connectivity index (χ2n) is 6.20. The van der Waals surface area contributed by atoms with Crippen LogP contribution in [-0.4, -0.2) is 61.2 Å². The molecule has 0 aromatic carbocycles. The molecule has 2 aliphatic heterocycles. The summed E-state index contributed by atoms with van der Waals surface area (Å²) in [5.41, 5.74) is 0. The van der Waals surface area contributed by atoms with Crippen molar-refractivity contribution < 1.29 is 0 Å². The fourth-order valence-corrected chi connectivity index (χ4v) is 3.28. The molecular weight excluding hydrogens is 210 g/mol. The predicted octanol–water partition coefficient (Wildman–Crippen LogP) is 1.54. The van der Waals surface area contributed by atoms with Crippen LogP contribution >= 0.6 is 0 Å². The molecule has 17 heavy (non-hydrogen) atoms. The van der Waals surface area contributed by atoms with Crippen LogP contribution in [0.2, 0.25) is 0 Å². The summed E-state index contributed by atoms with van der Waals surface area (Å²) in [7, 11) is 2.30. The van der Waals surface area contributed by atoms with E-state index in [0.717, 1.165) is 12.1 Å². The zero-order valence-corrected chi connectivity index (χ0v) is 11.8. The molecule has 0 amide bonds. The Morgan fingerprint density at radius 3 is 2.71 bits per heavy atom. The molecule has 1 N–H and O–H groups in total. The van der Waals surface area contributed by atoms with E-state index in [0.29, 0.717) is 6.04 Å². The fraction of sp³-hybridized carbons (Fsp3) is 1.00. The number of rotatable bonds is 4. The molecule has 0 spiro atoms. The Morgan fingerprint density at radius 1 is 1.18 bits per heavy atom. The van der Waals surface area contributed by atoms with Crippen molar-refractivity contribution >= 4 is 0 Å². The molecule has 0 aromatic heterocycles. The first kappa shape index (κ1) is 13.3. The number of hydrogen-bond acceptors (Lipinski definition) is 3. The van der Waals surface area contributed by atoms with Gasteiger partial charge in [-0.25, -0.2) is 0 Å². The van der Waals surface area contributed by atoms with Crippen LogP contribution in [0.1, 0.15) is 39.5 Å². The highest BCUT2D eigenvalue weighted by atomic mass is 15.2. The lowest BCUT2D eigenvalue weighted by Crippen LogP contribution is -2.45. The second-order valence-corrected chi connectivity index (χ2v) is 6.20. The van der Waals surface area contributed by atoms with Gasteiger partial charge in [0.05, 0.1) is 0 Å². The molecule has 100 valence electrons. The molecule has 0 saturated carbocycles. The topological polar surface area (TPSA) is 18.5 Å². The van der Waals surface area contributed by atoms with Gasteiger partial charge in [0.1, 0.15) is 0 Å². The van der Waals surface area contributed by atoms with Crippen LogP contribution in [0, 0.1) is 0 Å². The Morgan fingerprint density at radius 2 is 2.00 bits per heavy atom. The minimum atomic E-state index is 0.623. The van der Waals surface area contributed by atoms with Gasteiger partial charge in [0.25, 0.3) is 0 Å². The lowest BCUT2D eigenvalue weighted by atomic mass is 10.0. The first-order valence-corrected chi connectivity index (χ1v) is 7.34. The molecule has 2 unspecified atom stereocenters. The number of hydrogen-bond donors (Lipinski definition) is 1. The summed E-state index contributed by atoms with van der Waals surface area (Å²) >= 11 is 0. The van der Waals surface area contributed by atoms with Crippen molar-refractivity contribution in [2.24, 2.45) is 0 Å². The van der Waals surface area contributed by atoms with E-state index in [9.17, 15) is 0 Å². The van der Waals surface area contributed by atoms with Crippen LogP contribution < -0.4 is 5.32 Å². The van der Waals surface area contributed by atoms with Crippen molar-refractivity contribution in [2.75, 3.05) is 33.2 Å². The average molecular weight is 239 g/mol. The zero-order valence-electron chi connectivity index (χ0n) is 11.8. The highest BCUT2D eigenvalue weighted by Crippen LogP contribution is 2.18. The zero-order chi connectivity index (χ0) is 12.3. The summed E-state index contributed by atoms with van der Waals surface area (Å²) in [6, 6.07) is 2.16. The summed E-state index contributed by atoms with van der Waals surface area (Å²) in [6.07, 6.45) is 5.55. The maximum atomic E-state index is 3.66. The molecule has 2 atom stereocenters. The number of nitrogens with zero attached hydrogens (tertiary/aromatic N) is 2. The number of likely N-dealkylation sites (N-methyl/N-ethyl adjacent to an activating group) is 1. The third-order valence-corrected chi connectivity index (χ3v) is 4.23. The third-order valence-electron chi connectivity index (χ3n) is 4.23. The SMILES string of the molecule is CC(C)NC1CCN(CC2CCCCN2C)C1. The van der Waals surface area contributed by atoms with Gasteiger partial charge in [-0.05, 0) is 39.4 Å².